The molecule has 0 aromatic heterocycles. The van der Waals surface area contributed by atoms with Crippen LogP contribution < -0.4 is 5.32 Å². The fourth-order valence-electron chi connectivity index (χ4n) is 4.92. The molecule has 1 heterocycles. The highest BCUT2D eigenvalue weighted by atomic mass is 16.3. The van der Waals surface area contributed by atoms with Crippen molar-refractivity contribution in [1.82, 2.24) is 10.2 Å². The molecule has 1 amide bonds. The lowest BCUT2D eigenvalue weighted by Crippen LogP contribution is -2.49. The van der Waals surface area contributed by atoms with Crippen molar-refractivity contribution in [3.05, 3.63) is 0 Å². The van der Waals surface area contributed by atoms with Crippen LogP contribution in [-0.2, 0) is 4.79 Å². The number of piperidine rings is 1. The number of likely N-dealkylation sites (tertiary alicyclic amines) is 1. The van der Waals surface area contributed by atoms with E-state index in [-0.39, 0.29) is 24.5 Å². The second-order valence-corrected chi connectivity index (χ2v) is 7.33. The molecule has 4 atom stereocenters. The third-order valence-electron chi connectivity index (χ3n) is 6.11. The third-order valence-corrected chi connectivity index (χ3v) is 6.11. The first-order chi connectivity index (χ1) is 10.2. The summed E-state index contributed by atoms with van der Waals surface area (Å²) in [5, 5.41) is 12.9. The smallest absolute Gasteiger partial charge is 0.223 e. The van der Waals surface area contributed by atoms with Crippen molar-refractivity contribution < 1.29 is 9.90 Å². The molecule has 1 saturated heterocycles. The van der Waals surface area contributed by atoms with Crippen LogP contribution in [0.2, 0.25) is 0 Å². The SMILES string of the molecule is CCCN1CCC(C(=O)NC2C3CCC(C3)C2CO)CC1. The van der Waals surface area contributed by atoms with E-state index in [0.717, 1.165) is 32.5 Å². The normalized spacial score (nSPS) is 37.0. The molecular weight excluding hydrogens is 264 g/mol. The van der Waals surface area contributed by atoms with Crippen molar-refractivity contribution in [3.8, 4) is 0 Å². The Labute approximate surface area is 128 Å². The largest absolute Gasteiger partial charge is 0.396 e. The molecule has 120 valence electrons. The summed E-state index contributed by atoms with van der Waals surface area (Å²) in [5.41, 5.74) is 0. The van der Waals surface area contributed by atoms with E-state index >= 15 is 0 Å². The summed E-state index contributed by atoms with van der Waals surface area (Å²) in [6.07, 6.45) is 6.89. The summed E-state index contributed by atoms with van der Waals surface area (Å²) in [5.74, 6) is 2.03. The maximum Gasteiger partial charge on any atom is 0.223 e. The molecule has 21 heavy (non-hydrogen) atoms. The number of amides is 1. The van der Waals surface area contributed by atoms with Crippen molar-refractivity contribution in [2.45, 2.75) is 51.5 Å². The Morgan fingerprint density at radius 2 is 1.90 bits per heavy atom. The molecule has 0 radical (unpaired) electrons. The van der Waals surface area contributed by atoms with Gasteiger partial charge in [0.15, 0.2) is 0 Å². The zero-order valence-corrected chi connectivity index (χ0v) is 13.3. The molecule has 2 N–H and O–H groups in total. The Bertz CT molecular complexity index is 366. The molecule has 2 saturated carbocycles. The van der Waals surface area contributed by atoms with Gasteiger partial charge in [-0.3, -0.25) is 4.79 Å². The number of nitrogens with zero attached hydrogens (tertiary/aromatic N) is 1. The average molecular weight is 294 g/mol. The molecule has 3 aliphatic rings. The first-order valence-corrected chi connectivity index (χ1v) is 8.86. The van der Waals surface area contributed by atoms with Crippen LogP contribution in [0.25, 0.3) is 0 Å². The molecule has 0 aromatic carbocycles. The summed E-state index contributed by atoms with van der Waals surface area (Å²) >= 11 is 0. The average Bonchev–Trinajstić information content (AvgIpc) is 3.09. The van der Waals surface area contributed by atoms with Gasteiger partial charge in [0.1, 0.15) is 0 Å². The van der Waals surface area contributed by atoms with Gasteiger partial charge < -0.3 is 15.3 Å². The maximum absolute atomic E-state index is 12.5. The van der Waals surface area contributed by atoms with Gasteiger partial charge >= 0.3 is 0 Å². The van der Waals surface area contributed by atoms with E-state index in [9.17, 15) is 9.90 Å². The lowest BCUT2D eigenvalue weighted by molar-refractivity contribution is -0.128. The number of hydrogen-bond acceptors (Lipinski definition) is 3. The lowest BCUT2D eigenvalue weighted by Gasteiger charge is -2.34. The topological polar surface area (TPSA) is 52.6 Å². The molecular formula is C17H30N2O2. The van der Waals surface area contributed by atoms with E-state index in [2.05, 4.69) is 17.1 Å². The van der Waals surface area contributed by atoms with Crippen LogP contribution in [0.3, 0.4) is 0 Å². The van der Waals surface area contributed by atoms with Gasteiger partial charge in [0, 0.05) is 24.5 Å². The number of carbonyl (C=O) groups excluding carboxylic acids is 1. The summed E-state index contributed by atoms with van der Waals surface area (Å²) in [6.45, 7) is 5.73. The Morgan fingerprint density at radius 1 is 1.19 bits per heavy atom. The van der Waals surface area contributed by atoms with Crippen LogP contribution in [0, 0.1) is 23.7 Å². The minimum absolute atomic E-state index is 0.191. The molecule has 2 aliphatic carbocycles. The molecule has 3 fully saturated rings. The molecule has 3 rings (SSSR count). The van der Waals surface area contributed by atoms with Gasteiger partial charge in [-0.1, -0.05) is 6.92 Å². The van der Waals surface area contributed by atoms with Crippen molar-refractivity contribution >= 4 is 5.91 Å². The zero-order valence-electron chi connectivity index (χ0n) is 13.3. The van der Waals surface area contributed by atoms with E-state index in [1.807, 2.05) is 0 Å². The van der Waals surface area contributed by atoms with E-state index in [4.69, 9.17) is 0 Å². The number of fused-ring (bicyclic) bond motifs is 2. The molecule has 4 unspecified atom stereocenters. The van der Waals surface area contributed by atoms with Crippen LogP contribution in [-0.4, -0.2) is 48.2 Å². The van der Waals surface area contributed by atoms with Crippen molar-refractivity contribution in [1.29, 1.82) is 0 Å². The quantitative estimate of drug-likeness (QED) is 0.810. The van der Waals surface area contributed by atoms with E-state index in [0.29, 0.717) is 17.8 Å². The molecule has 4 heteroatoms. The Balaban J connectivity index is 1.50. The second kappa shape index (κ2) is 6.66. The minimum atomic E-state index is 0.191. The molecule has 4 nitrogen and oxygen atoms in total. The number of aliphatic hydroxyl groups is 1. The number of rotatable bonds is 5. The van der Waals surface area contributed by atoms with Crippen molar-refractivity contribution in [3.63, 3.8) is 0 Å². The summed E-state index contributed by atoms with van der Waals surface area (Å²) < 4.78 is 0. The van der Waals surface area contributed by atoms with Crippen LogP contribution in [0.5, 0.6) is 0 Å². The predicted molar refractivity (Wildman–Crippen MR) is 82.8 cm³/mol. The highest BCUT2D eigenvalue weighted by Crippen LogP contribution is 2.48. The van der Waals surface area contributed by atoms with Gasteiger partial charge in [-0.2, -0.15) is 0 Å². The van der Waals surface area contributed by atoms with Crippen molar-refractivity contribution in [2.75, 3.05) is 26.2 Å². The monoisotopic (exact) mass is 294 g/mol. The second-order valence-electron chi connectivity index (χ2n) is 7.33. The van der Waals surface area contributed by atoms with Gasteiger partial charge in [0.05, 0.1) is 0 Å². The molecule has 1 aliphatic heterocycles. The maximum atomic E-state index is 12.5. The Kier molecular flexibility index (Phi) is 4.85. The standard InChI is InChI=1S/C17H30N2O2/c1-2-7-19-8-5-12(6-9-19)17(21)18-16-14-4-3-13(10-14)15(16)11-20/h12-16,20H,2-11H2,1H3,(H,18,21). The fourth-order valence-corrected chi connectivity index (χ4v) is 4.92. The Hall–Kier alpha value is -0.610. The van der Waals surface area contributed by atoms with Crippen LogP contribution in [0.15, 0.2) is 0 Å². The fraction of sp³-hybridized carbons (Fsp3) is 0.941. The molecule has 0 spiro atoms. The van der Waals surface area contributed by atoms with E-state index < -0.39 is 0 Å². The first kappa shape index (κ1) is 15.3. The highest BCUT2D eigenvalue weighted by Gasteiger charge is 2.48. The number of aliphatic hydroxyl groups excluding tert-OH is 1. The summed E-state index contributed by atoms with van der Waals surface area (Å²) in [4.78, 5) is 15.0. The van der Waals surface area contributed by atoms with Gasteiger partial charge in [-0.05, 0) is 70.0 Å². The predicted octanol–water partition coefficient (Wildman–Crippen LogP) is 1.63. The Morgan fingerprint density at radius 3 is 2.57 bits per heavy atom. The van der Waals surface area contributed by atoms with Crippen LogP contribution in [0.1, 0.15) is 45.4 Å². The molecule has 2 bridgehead atoms. The van der Waals surface area contributed by atoms with E-state index in [1.54, 1.807) is 0 Å². The van der Waals surface area contributed by atoms with Gasteiger partial charge in [0.2, 0.25) is 5.91 Å². The minimum Gasteiger partial charge on any atom is -0.396 e. The van der Waals surface area contributed by atoms with Crippen LogP contribution >= 0.6 is 0 Å². The highest BCUT2D eigenvalue weighted by molar-refractivity contribution is 5.79. The van der Waals surface area contributed by atoms with Gasteiger partial charge in [-0.15, -0.1) is 0 Å². The summed E-state index contributed by atoms with van der Waals surface area (Å²) in [6, 6.07) is 0.245. The number of nitrogens with one attached hydrogen (secondary N) is 1. The third kappa shape index (κ3) is 3.11. The van der Waals surface area contributed by atoms with Crippen LogP contribution in [0.4, 0.5) is 0 Å². The van der Waals surface area contributed by atoms with Gasteiger partial charge in [0.25, 0.3) is 0 Å². The first-order valence-electron chi connectivity index (χ1n) is 8.86. The number of carbonyl (C=O) groups is 1. The zero-order chi connectivity index (χ0) is 14.8. The number of hydrogen-bond donors (Lipinski definition) is 2. The van der Waals surface area contributed by atoms with Crippen molar-refractivity contribution in [2.24, 2.45) is 23.7 Å². The van der Waals surface area contributed by atoms with Gasteiger partial charge in [-0.25, -0.2) is 0 Å². The summed E-state index contributed by atoms with van der Waals surface area (Å²) in [7, 11) is 0. The molecule has 0 aromatic rings. The lowest BCUT2D eigenvalue weighted by atomic mass is 9.84. The van der Waals surface area contributed by atoms with E-state index in [1.165, 1.54) is 25.7 Å².